The minimum Gasteiger partial charge on any atom is -0.496 e. The average molecular weight is 382 g/mol. The summed E-state index contributed by atoms with van der Waals surface area (Å²) in [7, 11) is 1.56. The molecule has 0 radical (unpaired) electrons. The molecule has 1 aromatic carbocycles. The van der Waals surface area contributed by atoms with Gasteiger partial charge in [-0.3, -0.25) is 4.57 Å². The molecule has 6 nitrogen and oxygen atoms in total. The van der Waals surface area contributed by atoms with Crippen LogP contribution in [-0.2, 0) is 10.9 Å². The number of hydrogen-bond donors (Lipinski definition) is 1. The van der Waals surface area contributed by atoms with Crippen LogP contribution in [-0.4, -0.2) is 47.2 Å². The second-order valence-electron chi connectivity index (χ2n) is 7.12. The second kappa shape index (κ2) is 6.79. The summed E-state index contributed by atoms with van der Waals surface area (Å²) in [6.45, 7) is 2.31. The van der Waals surface area contributed by atoms with Crippen LogP contribution in [0.2, 0.25) is 0 Å². The molecule has 1 spiro atoms. The first-order chi connectivity index (χ1) is 12.9. The predicted molar refractivity (Wildman–Crippen MR) is 91.1 cm³/mol. The molecule has 0 amide bonds. The molecule has 2 aliphatic rings. The van der Waals surface area contributed by atoms with Gasteiger partial charge in [0.15, 0.2) is 0 Å². The first-order valence-electron chi connectivity index (χ1n) is 8.92. The van der Waals surface area contributed by atoms with Crippen molar-refractivity contribution in [2.75, 3.05) is 26.8 Å². The molecule has 9 heteroatoms. The van der Waals surface area contributed by atoms with Gasteiger partial charge in [-0.2, -0.15) is 13.2 Å². The van der Waals surface area contributed by atoms with Crippen molar-refractivity contribution in [3.63, 3.8) is 0 Å². The standard InChI is InChI=1S/C18H21F3N4O2/c1-26-15-4-3-13(25-11-23-24-16(25)18(19,20)21)7-14(15)12-8-17(27-9-12)5-2-6-22-10-17/h3-4,7,11-12,22H,2,5-6,8-10H2,1H3/t12-,17-/m1/s1. The van der Waals surface area contributed by atoms with Crippen molar-refractivity contribution < 1.29 is 22.6 Å². The van der Waals surface area contributed by atoms with E-state index in [1.54, 1.807) is 25.3 Å². The molecule has 3 heterocycles. The first-order valence-corrected chi connectivity index (χ1v) is 8.92. The van der Waals surface area contributed by atoms with Crippen molar-refractivity contribution in [2.45, 2.75) is 37.0 Å². The van der Waals surface area contributed by atoms with Gasteiger partial charge in [-0.25, -0.2) is 0 Å². The summed E-state index contributed by atoms with van der Waals surface area (Å²) in [6, 6.07) is 4.99. The Kier molecular flexibility index (Phi) is 4.59. The lowest BCUT2D eigenvalue weighted by molar-refractivity contribution is -0.146. The maximum absolute atomic E-state index is 13.2. The summed E-state index contributed by atoms with van der Waals surface area (Å²) in [4.78, 5) is 0. The summed E-state index contributed by atoms with van der Waals surface area (Å²) >= 11 is 0. The number of piperidine rings is 1. The number of nitrogens with zero attached hydrogens (tertiary/aromatic N) is 3. The molecule has 2 saturated heterocycles. The molecule has 0 aliphatic carbocycles. The summed E-state index contributed by atoms with van der Waals surface area (Å²) in [5, 5.41) is 10.0. The molecule has 0 bridgehead atoms. The van der Waals surface area contributed by atoms with Crippen LogP contribution in [0.25, 0.3) is 5.69 Å². The number of halogens is 3. The molecule has 2 aromatic rings. The minimum atomic E-state index is -4.58. The fourth-order valence-electron chi connectivity index (χ4n) is 4.09. The van der Waals surface area contributed by atoms with Gasteiger partial charge in [0.05, 0.1) is 19.3 Å². The zero-order valence-corrected chi connectivity index (χ0v) is 14.9. The lowest BCUT2D eigenvalue weighted by atomic mass is 9.84. The van der Waals surface area contributed by atoms with Crippen molar-refractivity contribution in [2.24, 2.45) is 0 Å². The van der Waals surface area contributed by atoms with E-state index in [4.69, 9.17) is 9.47 Å². The highest BCUT2D eigenvalue weighted by molar-refractivity contribution is 5.47. The molecule has 0 saturated carbocycles. The Balaban J connectivity index is 1.68. The van der Waals surface area contributed by atoms with Crippen molar-refractivity contribution in [1.29, 1.82) is 0 Å². The van der Waals surface area contributed by atoms with E-state index < -0.39 is 12.0 Å². The number of benzene rings is 1. The number of ether oxygens (including phenoxy) is 2. The van der Waals surface area contributed by atoms with E-state index in [1.165, 1.54) is 0 Å². The Labute approximate surface area is 154 Å². The lowest BCUT2D eigenvalue weighted by Crippen LogP contribution is -2.45. The Morgan fingerprint density at radius 1 is 1.37 bits per heavy atom. The summed E-state index contributed by atoms with van der Waals surface area (Å²) < 4.78 is 52.1. The Hall–Kier alpha value is -2.13. The molecule has 1 aromatic heterocycles. The average Bonchev–Trinajstić information content (AvgIpc) is 3.29. The van der Waals surface area contributed by atoms with Gasteiger partial charge in [0.1, 0.15) is 12.1 Å². The molecule has 2 fully saturated rings. The Bertz CT molecular complexity index is 815. The lowest BCUT2D eigenvalue weighted by Gasteiger charge is -2.33. The van der Waals surface area contributed by atoms with Crippen LogP contribution in [0, 0.1) is 0 Å². The van der Waals surface area contributed by atoms with Gasteiger partial charge in [-0.1, -0.05) is 0 Å². The zero-order valence-electron chi connectivity index (χ0n) is 14.9. The monoisotopic (exact) mass is 382 g/mol. The molecule has 2 aliphatic heterocycles. The van der Waals surface area contributed by atoms with Gasteiger partial charge in [0.25, 0.3) is 0 Å². The summed E-state index contributed by atoms with van der Waals surface area (Å²) in [5.74, 6) is -0.338. The zero-order chi connectivity index (χ0) is 19.1. The summed E-state index contributed by atoms with van der Waals surface area (Å²) in [6.07, 6.45) is -0.646. The highest BCUT2D eigenvalue weighted by Gasteiger charge is 2.43. The molecule has 4 rings (SSSR count). The van der Waals surface area contributed by atoms with E-state index in [1.807, 2.05) is 0 Å². The number of alkyl halides is 3. The molecular formula is C18H21F3N4O2. The van der Waals surface area contributed by atoms with E-state index in [0.717, 1.165) is 48.8 Å². The SMILES string of the molecule is COc1ccc(-n2cnnc2C(F)(F)F)cc1[C@H]1CO[C@]2(CCCNC2)C1. The third-order valence-electron chi connectivity index (χ3n) is 5.37. The van der Waals surface area contributed by atoms with Crippen LogP contribution in [0.4, 0.5) is 13.2 Å². The van der Waals surface area contributed by atoms with E-state index in [9.17, 15) is 13.2 Å². The number of nitrogens with one attached hydrogen (secondary N) is 1. The fourth-order valence-corrected chi connectivity index (χ4v) is 4.09. The topological polar surface area (TPSA) is 61.2 Å². The van der Waals surface area contributed by atoms with E-state index in [2.05, 4.69) is 15.5 Å². The van der Waals surface area contributed by atoms with Crippen LogP contribution in [0.15, 0.2) is 24.5 Å². The maximum Gasteiger partial charge on any atom is 0.452 e. The van der Waals surface area contributed by atoms with Crippen molar-refractivity contribution in [3.8, 4) is 11.4 Å². The first kappa shape index (κ1) is 18.2. The molecule has 27 heavy (non-hydrogen) atoms. The van der Waals surface area contributed by atoms with E-state index in [-0.39, 0.29) is 11.5 Å². The van der Waals surface area contributed by atoms with Crippen molar-refractivity contribution in [1.82, 2.24) is 20.1 Å². The minimum absolute atomic E-state index is 0.0608. The third kappa shape index (κ3) is 3.41. The normalized spacial score (nSPS) is 25.9. The quantitative estimate of drug-likeness (QED) is 0.885. The molecule has 2 atom stereocenters. The van der Waals surface area contributed by atoms with E-state index in [0.29, 0.717) is 18.0 Å². The molecular weight excluding hydrogens is 361 g/mol. The predicted octanol–water partition coefficient (Wildman–Crippen LogP) is 2.92. The number of rotatable bonds is 3. The van der Waals surface area contributed by atoms with Crippen molar-refractivity contribution in [3.05, 3.63) is 35.9 Å². The van der Waals surface area contributed by atoms with Gasteiger partial charge in [0.2, 0.25) is 5.82 Å². The molecule has 1 N–H and O–H groups in total. The van der Waals surface area contributed by atoms with Crippen LogP contribution in [0.3, 0.4) is 0 Å². The van der Waals surface area contributed by atoms with Gasteiger partial charge < -0.3 is 14.8 Å². The molecule has 146 valence electrons. The van der Waals surface area contributed by atoms with Gasteiger partial charge in [-0.15, -0.1) is 10.2 Å². The van der Waals surface area contributed by atoms with Crippen LogP contribution in [0.1, 0.15) is 36.6 Å². The molecule has 0 unspecified atom stereocenters. The summed E-state index contributed by atoms with van der Waals surface area (Å²) in [5.41, 5.74) is 1.00. The van der Waals surface area contributed by atoms with Gasteiger partial charge in [0, 0.05) is 23.7 Å². The number of hydrogen-bond acceptors (Lipinski definition) is 5. The van der Waals surface area contributed by atoms with Gasteiger partial charge >= 0.3 is 6.18 Å². The number of methoxy groups -OCH3 is 1. The number of aromatic nitrogens is 3. The van der Waals surface area contributed by atoms with Crippen LogP contribution in [0.5, 0.6) is 5.75 Å². The largest absolute Gasteiger partial charge is 0.496 e. The second-order valence-corrected chi connectivity index (χ2v) is 7.12. The highest BCUT2D eigenvalue weighted by atomic mass is 19.4. The van der Waals surface area contributed by atoms with E-state index >= 15 is 0 Å². The highest BCUT2D eigenvalue weighted by Crippen LogP contribution is 2.43. The third-order valence-corrected chi connectivity index (χ3v) is 5.37. The maximum atomic E-state index is 13.2. The Morgan fingerprint density at radius 3 is 2.93 bits per heavy atom. The van der Waals surface area contributed by atoms with Crippen molar-refractivity contribution >= 4 is 0 Å². The van der Waals surface area contributed by atoms with Gasteiger partial charge in [-0.05, 0) is 44.0 Å². The smallest absolute Gasteiger partial charge is 0.452 e. The fraction of sp³-hybridized carbons (Fsp3) is 0.556. The Morgan fingerprint density at radius 2 is 2.22 bits per heavy atom. The van der Waals surface area contributed by atoms with Crippen LogP contribution >= 0.6 is 0 Å². The van der Waals surface area contributed by atoms with Crippen LogP contribution < -0.4 is 10.1 Å².